The first-order valence-corrected chi connectivity index (χ1v) is 17.1. The zero-order valence-electron chi connectivity index (χ0n) is 25.4. The summed E-state index contributed by atoms with van der Waals surface area (Å²) in [4.78, 5) is 10.2. The van der Waals surface area contributed by atoms with Crippen molar-refractivity contribution in [3.63, 3.8) is 0 Å². The number of hydrogen-bond acceptors (Lipinski definition) is 4. The number of hydrogen-bond donors (Lipinski definition) is 0. The van der Waals surface area contributed by atoms with Crippen molar-refractivity contribution in [3.8, 4) is 43.4 Å². The Morgan fingerprint density at radius 1 is 0.391 bits per heavy atom. The number of thiazole rings is 2. The van der Waals surface area contributed by atoms with Gasteiger partial charge in [0.2, 0.25) is 0 Å². The van der Waals surface area contributed by atoms with Gasteiger partial charge in [0.15, 0.2) is 0 Å². The van der Waals surface area contributed by atoms with Gasteiger partial charge >= 0.3 is 0 Å². The molecule has 0 radical (unpaired) electrons. The summed E-state index contributed by atoms with van der Waals surface area (Å²) >= 11 is 3.52. The van der Waals surface area contributed by atoms with Crippen molar-refractivity contribution in [2.45, 2.75) is 13.8 Å². The van der Waals surface area contributed by atoms with Gasteiger partial charge in [-0.2, -0.15) is 0 Å². The molecule has 0 atom stereocenters. The minimum atomic E-state index is 1.05. The minimum absolute atomic E-state index is 1.05. The third kappa shape index (κ3) is 4.53. The Balaban J connectivity index is 1.36. The molecular weight excluding hydrogens is 597 g/mol. The van der Waals surface area contributed by atoms with Gasteiger partial charge in [0.1, 0.15) is 10.0 Å². The molecule has 46 heavy (non-hydrogen) atoms. The molecule has 2 heterocycles. The quantitative estimate of drug-likeness (QED) is 0.182. The van der Waals surface area contributed by atoms with Crippen molar-refractivity contribution in [2.75, 3.05) is 0 Å². The summed E-state index contributed by atoms with van der Waals surface area (Å²) in [5.41, 5.74) is 11.8. The fraction of sp³-hybridized carbons (Fsp3) is 0.0476. The second kappa shape index (κ2) is 10.7. The minimum Gasteiger partial charge on any atom is -0.236 e. The number of aryl methyl sites for hydroxylation is 2. The molecule has 0 saturated carbocycles. The van der Waals surface area contributed by atoms with Crippen LogP contribution in [0.1, 0.15) is 11.1 Å². The van der Waals surface area contributed by atoms with Crippen LogP contribution in [0.5, 0.6) is 0 Å². The van der Waals surface area contributed by atoms with E-state index in [0.29, 0.717) is 0 Å². The van der Waals surface area contributed by atoms with Crippen LogP contribution in [0.25, 0.3) is 85.4 Å². The maximum atomic E-state index is 5.08. The molecule has 0 aliphatic carbocycles. The number of benzene rings is 7. The monoisotopic (exact) mass is 624 g/mol. The first-order valence-electron chi connectivity index (χ1n) is 15.5. The van der Waals surface area contributed by atoms with Crippen molar-refractivity contribution in [3.05, 3.63) is 145 Å². The SMILES string of the molecule is Cc1ccc2sc(-c3ccc4c(-c5ccccc5)c5cc(-c6nc7cc(C)ccc7s6)ccc5c(-c5ccccc5)c4c3)nc2c1. The highest BCUT2D eigenvalue weighted by Crippen LogP contribution is 2.46. The molecule has 9 rings (SSSR count). The van der Waals surface area contributed by atoms with Crippen molar-refractivity contribution in [2.24, 2.45) is 0 Å². The van der Waals surface area contributed by atoms with Crippen LogP contribution in [-0.2, 0) is 0 Å². The lowest BCUT2D eigenvalue weighted by molar-refractivity contribution is 1.44. The second-order valence-electron chi connectivity index (χ2n) is 12.0. The van der Waals surface area contributed by atoms with Crippen LogP contribution < -0.4 is 0 Å². The third-order valence-electron chi connectivity index (χ3n) is 8.82. The molecule has 0 aliphatic rings. The second-order valence-corrected chi connectivity index (χ2v) is 14.0. The molecule has 9 aromatic rings. The Morgan fingerprint density at radius 2 is 0.826 bits per heavy atom. The maximum absolute atomic E-state index is 5.08. The molecule has 0 N–H and O–H groups in total. The molecule has 0 saturated heterocycles. The Morgan fingerprint density at radius 3 is 1.26 bits per heavy atom. The Bertz CT molecular complexity index is 2410. The summed E-state index contributed by atoms with van der Waals surface area (Å²) in [6.45, 7) is 4.25. The van der Waals surface area contributed by atoms with Crippen LogP contribution in [0.4, 0.5) is 0 Å². The van der Waals surface area contributed by atoms with Crippen LogP contribution in [0, 0.1) is 13.8 Å². The van der Waals surface area contributed by atoms with Crippen molar-refractivity contribution >= 4 is 64.7 Å². The lowest BCUT2D eigenvalue weighted by atomic mass is 9.85. The van der Waals surface area contributed by atoms with Crippen molar-refractivity contribution in [1.82, 2.24) is 9.97 Å². The van der Waals surface area contributed by atoms with E-state index in [-0.39, 0.29) is 0 Å². The van der Waals surface area contributed by atoms with E-state index in [4.69, 9.17) is 9.97 Å². The van der Waals surface area contributed by atoms with Crippen LogP contribution in [-0.4, -0.2) is 9.97 Å². The van der Waals surface area contributed by atoms with E-state index in [1.54, 1.807) is 22.7 Å². The summed E-state index contributed by atoms with van der Waals surface area (Å²) in [5, 5.41) is 7.02. The maximum Gasteiger partial charge on any atom is 0.124 e. The van der Waals surface area contributed by atoms with Gasteiger partial charge in [-0.1, -0.05) is 97.1 Å². The Kier molecular flexibility index (Phi) is 6.34. The Hall–Kier alpha value is -5.16. The Labute approximate surface area is 275 Å². The van der Waals surface area contributed by atoms with E-state index < -0.39 is 0 Å². The van der Waals surface area contributed by atoms with Crippen LogP contribution in [0.15, 0.2) is 133 Å². The summed E-state index contributed by atoms with van der Waals surface area (Å²) in [7, 11) is 0. The molecule has 2 aromatic heterocycles. The summed E-state index contributed by atoms with van der Waals surface area (Å²) in [6, 6.07) is 48.5. The third-order valence-corrected chi connectivity index (χ3v) is 11.0. The highest BCUT2D eigenvalue weighted by molar-refractivity contribution is 7.22. The fourth-order valence-corrected chi connectivity index (χ4v) is 8.53. The molecule has 4 heteroatoms. The van der Waals surface area contributed by atoms with Gasteiger partial charge < -0.3 is 0 Å². The molecule has 0 bridgehead atoms. The van der Waals surface area contributed by atoms with Gasteiger partial charge in [0.25, 0.3) is 0 Å². The summed E-state index contributed by atoms with van der Waals surface area (Å²) in [5.74, 6) is 0. The predicted octanol–water partition coefficient (Wildman–Crippen LogP) is 12.5. The van der Waals surface area contributed by atoms with Gasteiger partial charge in [-0.25, -0.2) is 9.97 Å². The smallest absolute Gasteiger partial charge is 0.124 e. The van der Waals surface area contributed by atoms with Gasteiger partial charge in [-0.3, -0.25) is 0 Å². The molecule has 0 amide bonds. The van der Waals surface area contributed by atoms with Crippen LogP contribution >= 0.6 is 22.7 Å². The van der Waals surface area contributed by atoms with Gasteiger partial charge in [-0.15, -0.1) is 22.7 Å². The standard InChI is InChI=1S/C42H28N2S2/c1-25-13-19-37-35(21-25)43-41(45-37)29-15-17-31-33(23-29)39(27-9-5-3-6-10-27)32-18-16-30(24-34(32)40(31)28-11-7-4-8-12-28)42-44-36-22-26(2)14-20-38(36)46-42/h3-24H,1-2H3. The molecule has 0 aliphatic heterocycles. The largest absolute Gasteiger partial charge is 0.236 e. The molecule has 7 aromatic carbocycles. The molecule has 2 nitrogen and oxygen atoms in total. The zero-order chi connectivity index (χ0) is 30.8. The first-order chi connectivity index (χ1) is 22.6. The topological polar surface area (TPSA) is 25.8 Å². The highest BCUT2D eigenvalue weighted by Gasteiger charge is 2.20. The van der Waals surface area contributed by atoms with Gasteiger partial charge in [0.05, 0.1) is 20.4 Å². The molecule has 0 spiro atoms. The molecule has 218 valence electrons. The van der Waals surface area contributed by atoms with Gasteiger partial charge in [0, 0.05) is 11.1 Å². The van der Waals surface area contributed by atoms with Crippen molar-refractivity contribution < 1.29 is 0 Å². The number of rotatable bonds is 4. The van der Waals surface area contributed by atoms with E-state index in [9.17, 15) is 0 Å². The number of aromatic nitrogens is 2. The number of fused-ring (bicyclic) bond motifs is 4. The normalized spacial score (nSPS) is 11.7. The lowest BCUT2D eigenvalue weighted by Gasteiger charge is -2.19. The fourth-order valence-electron chi connectivity index (χ4n) is 6.65. The highest BCUT2D eigenvalue weighted by atomic mass is 32.1. The van der Waals surface area contributed by atoms with E-state index in [1.165, 1.54) is 64.3 Å². The van der Waals surface area contributed by atoms with E-state index in [1.807, 2.05) is 0 Å². The zero-order valence-corrected chi connectivity index (χ0v) is 27.0. The number of nitrogens with zero attached hydrogens (tertiary/aromatic N) is 2. The van der Waals surface area contributed by atoms with E-state index >= 15 is 0 Å². The van der Waals surface area contributed by atoms with Crippen LogP contribution in [0.3, 0.4) is 0 Å². The molecule has 0 unspecified atom stereocenters. The molecular formula is C42H28N2S2. The summed E-state index contributed by atoms with van der Waals surface area (Å²) in [6.07, 6.45) is 0. The predicted molar refractivity (Wildman–Crippen MR) is 199 cm³/mol. The van der Waals surface area contributed by atoms with Crippen LogP contribution in [0.2, 0.25) is 0 Å². The average Bonchev–Trinajstić information content (AvgIpc) is 3.71. The van der Waals surface area contributed by atoms with Gasteiger partial charge in [-0.05, 0) is 105 Å². The van der Waals surface area contributed by atoms with E-state index in [2.05, 4.69) is 147 Å². The average molecular weight is 625 g/mol. The summed E-state index contributed by atoms with van der Waals surface area (Å²) < 4.78 is 2.43. The molecule has 0 fully saturated rings. The first kappa shape index (κ1) is 27.2. The van der Waals surface area contributed by atoms with Crippen molar-refractivity contribution in [1.29, 1.82) is 0 Å². The van der Waals surface area contributed by atoms with E-state index in [0.717, 1.165) is 32.2 Å². The lowest BCUT2D eigenvalue weighted by Crippen LogP contribution is -1.92.